The molecule has 2 aliphatic rings. The first kappa shape index (κ1) is 16.4. The summed E-state index contributed by atoms with van der Waals surface area (Å²) in [4.78, 5) is 21.2. The number of nitrogens with zero attached hydrogens (tertiary/aromatic N) is 3. The number of likely N-dealkylation sites (N-methyl/N-ethyl adjacent to an activating group) is 1. The van der Waals surface area contributed by atoms with Gasteiger partial charge < -0.3 is 4.90 Å². The highest BCUT2D eigenvalue weighted by Crippen LogP contribution is 2.36. The number of pyridine rings is 1. The Morgan fingerprint density at radius 2 is 2.09 bits per heavy atom. The second-order valence-electron chi connectivity index (χ2n) is 6.82. The van der Waals surface area contributed by atoms with E-state index in [-0.39, 0.29) is 23.7 Å². The molecule has 0 bridgehead atoms. The van der Waals surface area contributed by atoms with Crippen LogP contribution >= 0.6 is 0 Å². The summed E-state index contributed by atoms with van der Waals surface area (Å²) in [6.45, 7) is 6.09. The zero-order valence-corrected chi connectivity index (χ0v) is 13.9. The van der Waals surface area contributed by atoms with Gasteiger partial charge in [-0.05, 0) is 50.9 Å². The number of hydrogen-bond acceptors (Lipinski definition) is 3. The fourth-order valence-corrected chi connectivity index (χ4v) is 4.21. The van der Waals surface area contributed by atoms with Crippen LogP contribution in [0.1, 0.15) is 44.7 Å². The predicted octanol–water partition coefficient (Wildman–Crippen LogP) is 2.63. The number of aromatic nitrogens is 1. The zero-order chi connectivity index (χ0) is 16.3. The summed E-state index contributed by atoms with van der Waals surface area (Å²) in [5.74, 6) is -0.247. The molecule has 0 saturated carbocycles. The SMILES string of the molecule is CCN1CCCCC12CCCN(C(=O)Cc1ccc(F)cn1)C2. The number of rotatable bonds is 3. The van der Waals surface area contributed by atoms with Crippen molar-refractivity contribution in [1.29, 1.82) is 0 Å². The van der Waals surface area contributed by atoms with Crippen LogP contribution in [-0.2, 0) is 11.2 Å². The summed E-state index contributed by atoms with van der Waals surface area (Å²) in [6.07, 6.45) is 7.43. The van der Waals surface area contributed by atoms with Crippen LogP contribution in [0.3, 0.4) is 0 Å². The monoisotopic (exact) mass is 319 g/mol. The van der Waals surface area contributed by atoms with Crippen molar-refractivity contribution in [3.8, 4) is 0 Å². The lowest BCUT2D eigenvalue weighted by atomic mass is 9.79. The molecule has 0 aliphatic carbocycles. The van der Waals surface area contributed by atoms with Crippen molar-refractivity contribution in [2.24, 2.45) is 0 Å². The van der Waals surface area contributed by atoms with Crippen molar-refractivity contribution in [3.63, 3.8) is 0 Å². The van der Waals surface area contributed by atoms with Gasteiger partial charge in [-0.3, -0.25) is 14.7 Å². The summed E-state index contributed by atoms with van der Waals surface area (Å²) in [5.41, 5.74) is 0.823. The lowest BCUT2D eigenvalue weighted by Crippen LogP contribution is -2.61. The van der Waals surface area contributed by atoms with Gasteiger partial charge in [0.25, 0.3) is 0 Å². The van der Waals surface area contributed by atoms with E-state index in [4.69, 9.17) is 0 Å². The van der Waals surface area contributed by atoms with E-state index in [0.717, 1.165) is 32.6 Å². The van der Waals surface area contributed by atoms with Crippen LogP contribution in [-0.4, -0.2) is 52.4 Å². The van der Waals surface area contributed by atoms with Crippen LogP contribution in [0.25, 0.3) is 0 Å². The van der Waals surface area contributed by atoms with Gasteiger partial charge in [-0.2, -0.15) is 0 Å². The first-order chi connectivity index (χ1) is 11.1. The highest BCUT2D eigenvalue weighted by molar-refractivity contribution is 5.78. The smallest absolute Gasteiger partial charge is 0.228 e. The molecule has 1 aromatic rings. The molecule has 1 unspecified atom stereocenters. The summed E-state index contributed by atoms with van der Waals surface area (Å²) >= 11 is 0. The second-order valence-corrected chi connectivity index (χ2v) is 6.82. The molecule has 126 valence electrons. The van der Waals surface area contributed by atoms with E-state index >= 15 is 0 Å². The molecule has 5 heteroatoms. The molecule has 1 atom stereocenters. The molecule has 3 rings (SSSR count). The molecule has 2 fully saturated rings. The molecule has 1 amide bonds. The molecule has 2 saturated heterocycles. The standard InChI is InChI=1S/C18H26FN3O/c1-2-22-11-4-3-8-18(22)9-5-10-21(14-18)17(23)12-16-7-6-15(19)13-20-16/h6-7,13H,2-5,8-12,14H2,1H3. The Labute approximate surface area is 137 Å². The van der Waals surface area contributed by atoms with Crippen LogP contribution in [0.2, 0.25) is 0 Å². The van der Waals surface area contributed by atoms with Crippen molar-refractivity contribution in [2.45, 2.75) is 51.0 Å². The maximum Gasteiger partial charge on any atom is 0.228 e. The van der Waals surface area contributed by atoms with Gasteiger partial charge in [-0.1, -0.05) is 13.3 Å². The maximum absolute atomic E-state index is 12.9. The number of hydrogen-bond donors (Lipinski definition) is 0. The normalized spacial score (nSPS) is 25.7. The van der Waals surface area contributed by atoms with E-state index in [0.29, 0.717) is 5.69 Å². The molecule has 0 N–H and O–H groups in total. The number of likely N-dealkylation sites (tertiary alicyclic amines) is 2. The van der Waals surface area contributed by atoms with E-state index in [1.165, 1.54) is 37.9 Å². The van der Waals surface area contributed by atoms with Crippen molar-refractivity contribution >= 4 is 5.91 Å². The Hall–Kier alpha value is -1.49. The first-order valence-corrected chi connectivity index (χ1v) is 8.76. The number of amides is 1. The second kappa shape index (κ2) is 6.95. The van der Waals surface area contributed by atoms with Crippen LogP contribution in [0, 0.1) is 5.82 Å². The van der Waals surface area contributed by atoms with E-state index in [2.05, 4.69) is 16.8 Å². The van der Waals surface area contributed by atoms with Crippen LogP contribution < -0.4 is 0 Å². The number of piperidine rings is 2. The van der Waals surface area contributed by atoms with E-state index in [9.17, 15) is 9.18 Å². The van der Waals surface area contributed by atoms with E-state index in [1.54, 1.807) is 6.07 Å². The van der Waals surface area contributed by atoms with Crippen molar-refractivity contribution in [2.75, 3.05) is 26.2 Å². The summed E-state index contributed by atoms with van der Waals surface area (Å²) in [5, 5.41) is 0. The quantitative estimate of drug-likeness (QED) is 0.859. The molecule has 1 aromatic heterocycles. The molecular formula is C18H26FN3O. The van der Waals surface area contributed by atoms with Crippen molar-refractivity contribution in [3.05, 3.63) is 29.8 Å². The zero-order valence-electron chi connectivity index (χ0n) is 13.9. The van der Waals surface area contributed by atoms with Gasteiger partial charge in [0.15, 0.2) is 0 Å². The highest BCUT2D eigenvalue weighted by atomic mass is 19.1. The minimum atomic E-state index is -0.362. The van der Waals surface area contributed by atoms with Crippen molar-refractivity contribution in [1.82, 2.24) is 14.8 Å². The number of carbonyl (C=O) groups is 1. The molecule has 0 radical (unpaired) electrons. The first-order valence-electron chi connectivity index (χ1n) is 8.76. The summed E-state index contributed by atoms with van der Waals surface area (Å²) < 4.78 is 12.9. The van der Waals surface area contributed by atoms with E-state index in [1.807, 2.05) is 4.90 Å². The average Bonchev–Trinajstić information content (AvgIpc) is 2.57. The topological polar surface area (TPSA) is 36.4 Å². The van der Waals surface area contributed by atoms with Gasteiger partial charge in [0.2, 0.25) is 5.91 Å². The molecule has 2 aliphatic heterocycles. The Bertz CT molecular complexity index is 544. The van der Waals surface area contributed by atoms with E-state index < -0.39 is 0 Å². The predicted molar refractivity (Wildman–Crippen MR) is 87.5 cm³/mol. The largest absolute Gasteiger partial charge is 0.341 e. The maximum atomic E-state index is 12.9. The molecule has 1 spiro atoms. The summed E-state index contributed by atoms with van der Waals surface area (Å²) in [6, 6.07) is 2.97. The minimum absolute atomic E-state index is 0.116. The minimum Gasteiger partial charge on any atom is -0.341 e. The Kier molecular flexibility index (Phi) is 4.95. The van der Waals surface area contributed by atoms with Gasteiger partial charge in [0.05, 0.1) is 12.6 Å². The lowest BCUT2D eigenvalue weighted by Gasteiger charge is -2.52. The number of carbonyl (C=O) groups excluding carboxylic acids is 1. The van der Waals surface area contributed by atoms with Gasteiger partial charge in [0.1, 0.15) is 5.82 Å². The third-order valence-corrected chi connectivity index (χ3v) is 5.40. The Balaban J connectivity index is 1.67. The van der Waals surface area contributed by atoms with Gasteiger partial charge in [-0.15, -0.1) is 0 Å². The fraction of sp³-hybridized carbons (Fsp3) is 0.667. The van der Waals surface area contributed by atoms with Gasteiger partial charge in [0, 0.05) is 24.3 Å². The molecule has 23 heavy (non-hydrogen) atoms. The highest BCUT2D eigenvalue weighted by Gasteiger charge is 2.42. The van der Waals surface area contributed by atoms with Gasteiger partial charge >= 0.3 is 0 Å². The van der Waals surface area contributed by atoms with Crippen LogP contribution in [0.4, 0.5) is 4.39 Å². The fourth-order valence-electron chi connectivity index (χ4n) is 4.21. The van der Waals surface area contributed by atoms with Gasteiger partial charge in [-0.25, -0.2) is 4.39 Å². The third kappa shape index (κ3) is 3.55. The summed E-state index contributed by atoms with van der Waals surface area (Å²) in [7, 11) is 0. The molecule has 3 heterocycles. The van der Waals surface area contributed by atoms with Crippen LogP contribution in [0.15, 0.2) is 18.3 Å². The lowest BCUT2D eigenvalue weighted by molar-refractivity contribution is -0.136. The number of halogens is 1. The average molecular weight is 319 g/mol. The third-order valence-electron chi connectivity index (χ3n) is 5.40. The molecule has 4 nitrogen and oxygen atoms in total. The molecular weight excluding hydrogens is 293 g/mol. The van der Waals surface area contributed by atoms with Crippen molar-refractivity contribution < 1.29 is 9.18 Å². The van der Waals surface area contributed by atoms with Crippen LogP contribution in [0.5, 0.6) is 0 Å². The Morgan fingerprint density at radius 1 is 1.26 bits per heavy atom. The Morgan fingerprint density at radius 3 is 2.83 bits per heavy atom. The molecule has 0 aromatic carbocycles.